The number of nitrogens with zero attached hydrogens (tertiary/aromatic N) is 2. The van der Waals surface area contributed by atoms with Gasteiger partial charge in [0.1, 0.15) is 5.82 Å². The molecule has 0 bridgehead atoms. The van der Waals surface area contributed by atoms with Crippen molar-refractivity contribution in [1.29, 1.82) is 0 Å². The number of rotatable bonds is 4. The molecule has 1 amide bonds. The maximum absolute atomic E-state index is 13.3. The van der Waals surface area contributed by atoms with E-state index in [0.29, 0.717) is 24.5 Å². The summed E-state index contributed by atoms with van der Waals surface area (Å²) in [4.78, 5) is 15.3. The molecule has 1 N–H and O–H groups in total. The summed E-state index contributed by atoms with van der Waals surface area (Å²) in [5.41, 5.74) is 1.49. The van der Waals surface area contributed by atoms with Gasteiger partial charge in [0.25, 0.3) is 0 Å². The van der Waals surface area contributed by atoms with Crippen LogP contribution < -0.4 is 5.32 Å². The number of nitrogens with one attached hydrogen (secondary N) is 1. The molecule has 0 spiro atoms. The fourth-order valence-corrected chi connectivity index (χ4v) is 6.10. The number of anilines is 1. The molecule has 9 heteroatoms. The Labute approximate surface area is 180 Å². The normalized spacial score (nSPS) is 21.0. The van der Waals surface area contributed by atoms with Crippen LogP contribution >= 0.6 is 11.8 Å². The summed E-state index contributed by atoms with van der Waals surface area (Å²) in [5.74, 6) is 0.142. The molecule has 1 saturated heterocycles. The Hall–Kier alpha value is -1.94. The van der Waals surface area contributed by atoms with Crippen molar-refractivity contribution in [2.75, 3.05) is 30.8 Å². The number of amides is 1. The lowest BCUT2D eigenvalue weighted by Crippen LogP contribution is -2.47. The number of hydrogen-bond acceptors (Lipinski definition) is 5. The average molecular weight is 450 g/mol. The summed E-state index contributed by atoms with van der Waals surface area (Å²) >= 11 is 1.55. The summed E-state index contributed by atoms with van der Waals surface area (Å²) in [5, 5.41) is 2.85. The number of halogens is 1. The topological polar surface area (TPSA) is 69.7 Å². The molecule has 1 fully saturated rings. The quantitative estimate of drug-likeness (QED) is 0.775. The van der Waals surface area contributed by atoms with Crippen LogP contribution in [0.4, 0.5) is 10.1 Å². The van der Waals surface area contributed by atoms with Gasteiger partial charge in [-0.25, -0.2) is 12.8 Å². The lowest BCUT2D eigenvalue weighted by atomic mass is 10.2. The third-order valence-corrected chi connectivity index (χ3v) is 8.50. The van der Waals surface area contributed by atoms with Gasteiger partial charge in [-0.3, -0.25) is 9.69 Å². The van der Waals surface area contributed by atoms with Gasteiger partial charge in [-0.1, -0.05) is 19.1 Å². The molecular formula is C21H24FN3O3S2. The minimum absolute atomic E-state index is 0.0979. The molecule has 2 heterocycles. The van der Waals surface area contributed by atoms with E-state index in [2.05, 4.69) is 5.32 Å². The second-order valence-corrected chi connectivity index (χ2v) is 10.7. The molecule has 4 rings (SSSR count). The molecule has 2 aliphatic heterocycles. The van der Waals surface area contributed by atoms with Crippen LogP contribution in [0.5, 0.6) is 0 Å². The highest BCUT2D eigenvalue weighted by Crippen LogP contribution is 2.35. The lowest BCUT2D eigenvalue weighted by Gasteiger charge is -2.35. The summed E-state index contributed by atoms with van der Waals surface area (Å²) in [7, 11) is -3.70. The monoisotopic (exact) mass is 449 g/mol. The van der Waals surface area contributed by atoms with Crippen LogP contribution in [0.15, 0.2) is 52.3 Å². The number of carbonyl (C=O) groups excluding carboxylic acids is 1. The van der Waals surface area contributed by atoms with Crippen LogP contribution in [0.3, 0.4) is 0 Å². The van der Waals surface area contributed by atoms with E-state index in [9.17, 15) is 17.6 Å². The number of hydrogen-bond donors (Lipinski definition) is 1. The number of fused-ring (bicyclic) bond motifs is 1. The summed E-state index contributed by atoms with van der Waals surface area (Å²) in [6.07, 6.45) is 0.718. The molecule has 30 heavy (non-hydrogen) atoms. The van der Waals surface area contributed by atoms with Crippen LogP contribution in [-0.4, -0.2) is 49.0 Å². The molecule has 160 valence electrons. The number of sulfonamides is 1. The van der Waals surface area contributed by atoms with Gasteiger partial charge in [0, 0.05) is 36.2 Å². The maximum atomic E-state index is 13.3. The third kappa shape index (κ3) is 4.54. The van der Waals surface area contributed by atoms with Crippen molar-refractivity contribution in [2.45, 2.75) is 29.7 Å². The molecule has 0 saturated carbocycles. The highest BCUT2D eigenvalue weighted by Gasteiger charge is 2.30. The standard InChI is InChI=1S/C21H24FN3O3S2/c1-15-13-29-20-8-7-18(11-19(20)23-21(15)26)30(27,28)25-10-2-9-24(14-25)12-16-3-5-17(22)6-4-16/h3-8,11,15H,2,9-10,12-14H2,1H3,(H,23,26). The molecule has 0 aliphatic carbocycles. The Balaban J connectivity index is 1.52. The first-order valence-corrected chi connectivity index (χ1v) is 12.3. The van der Waals surface area contributed by atoms with Gasteiger partial charge in [0.05, 0.1) is 17.3 Å². The van der Waals surface area contributed by atoms with Crippen molar-refractivity contribution in [3.8, 4) is 0 Å². The number of carbonyl (C=O) groups is 1. The maximum Gasteiger partial charge on any atom is 0.244 e. The molecular weight excluding hydrogens is 425 g/mol. The van der Waals surface area contributed by atoms with Crippen molar-refractivity contribution in [1.82, 2.24) is 9.21 Å². The molecule has 2 aromatic carbocycles. The van der Waals surface area contributed by atoms with E-state index in [1.807, 2.05) is 11.8 Å². The zero-order valence-corrected chi connectivity index (χ0v) is 18.3. The van der Waals surface area contributed by atoms with Crippen molar-refractivity contribution in [3.63, 3.8) is 0 Å². The Morgan fingerprint density at radius 1 is 1.17 bits per heavy atom. The summed E-state index contributed by atoms with van der Waals surface area (Å²) < 4.78 is 41.2. The number of benzene rings is 2. The Morgan fingerprint density at radius 3 is 2.70 bits per heavy atom. The predicted octanol–water partition coefficient (Wildman–Crippen LogP) is 3.36. The Kier molecular flexibility index (Phi) is 6.15. The molecule has 1 atom stereocenters. The van der Waals surface area contributed by atoms with Crippen LogP contribution in [0.2, 0.25) is 0 Å². The SMILES string of the molecule is CC1CSc2ccc(S(=O)(=O)N3CCCN(Cc4ccc(F)cc4)C3)cc2NC1=O. The minimum atomic E-state index is -3.70. The van der Waals surface area contributed by atoms with E-state index in [1.165, 1.54) is 16.4 Å². The second kappa shape index (κ2) is 8.66. The molecule has 2 aromatic rings. The smallest absolute Gasteiger partial charge is 0.244 e. The first kappa shape index (κ1) is 21.3. The largest absolute Gasteiger partial charge is 0.325 e. The van der Waals surface area contributed by atoms with Gasteiger partial charge in [-0.2, -0.15) is 4.31 Å². The number of thioether (sulfide) groups is 1. The van der Waals surface area contributed by atoms with Gasteiger partial charge < -0.3 is 5.32 Å². The van der Waals surface area contributed by atoms with Crippen LogP contribution in [-0.2, 0) is 21.4 Å². The molecule has 1 unspecified atom stereocenters. The second-order valence-electron chi connectivity index (χ2n) is 7.71. The van der Waals surface area contributed by atoms with Crippen LogP contribution in [0.1, 0.15) is 18.9 Å². The predicted molar refractivity (Wildman–Crippen MR) is 115 cm³/mol. The lowest BCUT2D eigenvalue weighted by molar-refractivity contribution is -0.118. The highest BCUT2D eigenvalue weighted by molar-refractivity contribution is 7.99. The van der Waals surface area contributed by atoms with Gasteiger partial charge in [-0.15, -0.1) is 11.8 Å². The first-order chi connectivity index (χ1) is 14.3. The summed E-state index contributed by atoms with van der Waals surface area (Å²) in [6, 6.07) is 11.2. The fourth-order valence-electron chi connectivity index (χ4n) is 3.60. The molecule has 0 aromatic heterocycles. The third-order valence-electron chi connectivity index (χ3n) is 5.34. The van der Waals surface area contributed by atoms with E-state index in [4.69, 9.17) is 0 Å². The van der Waals surface area contributed by atoms with Crippen molar-refractivity contribution >= 4 is 33.4 Å². The Bertz CT molecular complexity index is 1040. The Morgan fingerprint density at radius 2 is 1.93 bits per heavy atom. The average Bonchev–Trinajstić information content (AvgIpc) is 2.88. The molecule has 2 aliphatic rings. The van der Waals surface area contributed by atoms with Crippen molar-refractivity contribution in [2.24, 2.45) is 5.92 Å². The van der Waals surface area contributed by atoms with E-state index in [1.54, 1.807) is 42.1 Å². The minimum Gasteiger partial charge on any atom is -0.325 e. The van der Waals surface area contributed by atoms with Gasteiger partial charge >= 0.3 is 0 Å². The zero-order chi connectivity index (χ0) is 21.3. The highest BCUT2D eigenvalue weighted by atomic mass is 32.2. The van der Waals surface area contributed by atoms with E-state index in [-0.39, 0.29) is 29.2 Å². The van der Waals surface area contributed by atoms with Crippen LogP contribution in [0.25, 0.3) is 0 Å². The summed E-state index contributed by atoms with van der Waals surface area (Å²) in [6.45, 7) is 3.90. The van der Waals surface area contributed by atoms with Crippen molar-refractivity contribution in [3.05, 3.63) is 53.8 Å². The zero-order valence-electron chi connectivity index (χ0n) is 16.7. The van der Waals surface area contributed by atoms with E-state index < -0.39 is 10.0 Å². The van der Waals surface area contributed by atoms with E-state index >= 15 is 0 Å². The van der Waals surface area contributed by atoms with E-state index in [0.717, 1.165) is 23.4 Å². The fraction of sp³-hybridized carbons (Fsp3) is 0.381. The molecule has 6 nitrogen and oxygen atoms in total. The van der Waals surface area contributed by atoms with Gasteiger partial charge in [0.15, 0.2) is 0 Å². The first-order valence-electron chi connectivity index (χ1n) is 9.87. The molecule has 0 radical (unpaired) electrons. The van der Waals surface area contributed by atoms with Crippen molar-refractivity contribution < 1.29 is 17.6 Å². The van der Waals surface area contributed by atoms with Gasteiger partial charge in [0.2, 0.25) is 15.9 Å². The van der Waals surface area contributed by atoms with Gasteiger partial charge in [-0.05, 0) is 42.3 Å². The van der Waals surface area contributed by atoms with Crippen LogP contribution in [0, 0.1) is 11.7 Å².